The summed E-state index contributed by atoms with van der Waals surface area (Å²) in [5.41, 5.74) is 8.52. The molecule has 3 aromatic rings. The van der Waals surface area contributed by atoms with Gasteiger partial charge < -0.3 is 11.1 Å². The lowest BCUT2D eigenvalue weighted by molar-refractivity contribution is 0.555. The largest absolute Gasteiger partial charge is 0.379 e. The number of aryl methyl sites for hydroxylation is 1. The van der Waals surface area contributed by atoms with Gasteiger partial charge in [0.25, 0.3) is 10.0 Å². The lowest BCUT2D eigenvalue weighted by Gasteiger charge is -2.14. The number of nitrogens with zero attached hydrogens (tertiary/aromatic N) is 2. The fourth-order valence-electron chi connectivity index (χ4n) is 2.55. The van der Waals surface area contributed by atoms with Gasteiger partial charge in [-0.15, -0.1) is 11.3 Å². The molecule has 3 rings (SSSR count). The van der Waals surface area contributed by atoms with Crippen LogP contribution in [0, 0.1) is 18.6 Å². The van der Waals surface area contributed by atoms with Crippen molar-refractivity contribution in [3.63, 3.8) is 0 Å². The molecule has 0 radical (unpaired) electrons. The Bertz CT molecular complexity index is 1090. The molecule has 0 bridgehead atoms. The van der Waals surface area contributed by atoms with Crippen LogP contribution < -0.4 is 15.8 Å². The number of thiazole rings is 1. The number of benzene rings is 1. The van der Waals surface area contributed by atoms with E-state index in [0.29, 0.717) is 11.1 Å². The third kappa shape index (κ3) is 4.26. The summed E-state index contributed by atoms with van der Waals surface area (Å²) in [5, 5.41) is 3.62. The standard InChI is InChI=1S/C17H17F2N5O2S2/c1-10-15(21-7-12-11(6-20)3-2-4-13(12)18)5-14(19)17(23-10)28(25,26)24-16-8-27-9-22-16/h2-5,8-9,21,24H,6-7,20H2,1H3. The van der Waals surface area contributed by atoms with Crippen molar-refractivity contribution in [2.45, 2.75) is 25.0 Å². The van der Waals surface area contributed by atoms with E-state index in [4.69, 9.17) is 5.73 Å². The van der Waals surface area contributed by atoms with Gasteiger partial charge in [-0.05, 0) is 18.6 Å². The third-order valence-electron chi connectivity index (χ3n) is 3.95. The molecule has 1 aromatic carbocycles. The van der Waals surface area contributed by atoms with Crippen molar-refractivity contribution in [1.29, 1.82) is 0 Å². The van der Waals surface area contributed by atoms with Gasteiger partial charge in [0, 0.05) is 30.1 Å². The average molecular weight is 425 g/mol. The molecular formula is C17H17F2N5O2S2. The minimum Gasteiger partial charge on any atom is -0.379 e. The van der Waals surface area contributed by atoms with Gasteiger partial charge in [0.1, 0.15) is 5.82 Å². The molecule has 0 aliphatic rings. The molecule has 2 aromatic heterocycles. The summed E-state index contributed by atoms with van der Waals surface area (Å²) < 4.78 is 55.4. The van der Waals surface area contributed by atoms with Crippen molar-refractivity contribution in [3.8, 4) is 0 Å². The van der Waals surface area contributed by atoms with Crippen molar-refractivity contribution >= 4 is 32.9 Å². The first-order chi connectivity index (χ1) is 13.3. The zero-order valence-electron chi connectivity index (χ0n) is 14.7. The molecule has 0 aliphatic heterocycles. The van der Waals surface area contributed by atoms with Gasteiger partial charge in [0.2, 0.25) is 5.03 Å². The fourth-order valence-corrected chi connectivity index (χ4v) is 4.17. The number of nitrogens with two attached hydrogens (primary N) is 1. The monoisotopic (exact) mass is 425 g/mol. The number of rotatable bonds is 7. The van der Waals surface area contributed by atoms with Crippen LogP contribution in [0.15, 0.2) is 40.2 Å². The lowest BCUT2D eigenvalue weighted by Crippen LogP contribution is -2.18. The number of hydrogen-bond acceptors (Lipinski definition) is 7. The molecule has 0 saturated heterocycles. The maximum Gasteiger partial charge on any atom is 0.283 e. The lowest BCUT2D eigenvalue weighted by atomic mass is 10.1. The van der Waals surface area contributed by atoms with Gasteiger partial charge in [0.15, 0.2) is 11.6 Å². The van der Waals surface area contributed by atoms with E-state index >= 15 is 0 Å². The van der Waals surface area contributed by atoms with E-state index in [9.17, 15) is 17.2 Å². The smallest absolute Gasteiger partial charge is 0.283 e. The number of sulfonamides is 1. The maximum atomic E-state index is 14.5. The summed E-state index contributed by atoms with van der Waals surface area (Å²) in [7, 11) is -4.23. The third-order valence-corrected chi connectivity index (χ3v) is 5.81. The fraction of sp³-hybridized carbons (Fsp3) is 0.176. The average Bonchev–Trinajstić information content (AvgIpc) is 3.14. The SMILES string of the molecule is Cc1nc(S(=O)(=O)Nc2cscn2)c(F)cc1NCc1c(F)cccc1CN. The van der Waals surface area contributed by atoms with Crippen LogP contribution in [0.3, 0.4) is 0 Å². The molecule has 0 saturated carbocycles. The van der Waals surface area contributed by atoms with E-state index in [-0.39, 0.29) is 30.3 Å². The molecule has 0 fully saturated rings. The first-order valence-corrected chi connectivity index (χ1v) is 10.5. The van der Waals surface area contributed by atoms with Crippen LogP contribution in [0.4, 0.5) is 20.3 Å². The number of anilines is 2. The Morgan fingerprint density at radius 1 is 1.25 bits per heavy atom. The van der Waals surface area contributed by atoms with Crippen molar-refractivity contribution < 1.29 is 17.2 Å². The highest BCUT2D eigenvalue weighted by Crippen LogP contribution is 2.23. The normalized spacial score (nSPS) is 11.4. The van der Waals surface area contributed by atoms with Crippen molar-refractivity contribution in [1.82, 2.24) is 9.97 Å². The molecule has 11 heteroatoms. The number of halogens is 2. The summed E-state index contributed by atoms with van der Waals surface area (Å²) in [6, 6.07) is 5.58. The zero-order valence-corrected chi connectivity index (χ0v) is 16.4. The molecule has 4 N–H and O–H groups in total. The van der Waals surface area contributed by atoms with Crippen molar-refractivity contribution in [2.24, 2.45) is 5.73 Å². The van der Waals surface area contributed by atoms with Gasteiger partial charge in [-0.1, -0.05) is 12.1 Å². The first kappa shape index (κ1) is 20.1. The molecule has 2 heterocycles. The number of aromatic nitrogens is 2. The number of nitrogens with one attached hydrogen (secondary N) is 2. The minimum absolute atomic E-state index is 0.0460. The summed E-state index contributed by atoms with van der Waals surface area (Å²) in [4.78, 5) is 7.68. The maximum absolute atomic E-state index is 14.5. The van der Waals surface area contributed by atoms with Crippen LogP contribution in [0.2, 0.25) is 0 Å². The Balaban J connectivity index is 1.85. The Kier molecular flexibility index (Phi) is 5.87. The predicted molar refractivity (Wildman–Crippen MR) is 103 cm³/mol. The summed E-state index contributed by atoms with van der Waals surface area (Å²) >= 11 is 1.19. The van der Waals surface area contributed by atoms with Crippen LogP contribution in [-0.4, -0.2) is 18.4 Å². The molecule has 28 heavy (non-hydrogen) atoms. The van der Waals surface area contributed by atoms with Gasteiger partial charge in [-0.3, -0.25) is 4.72 Å². The highest BCUT2D eigenvalue weighted by atomic mass is 32.2. The number of hydrogen-bond donors (Lipinski definition) is 3. The number of pyridine rings is 1. The molecule has 0 unspecified atom stereocenters. The van der Waals surface area contributed by atoms with Gasteiger partial charge in [-0.2, -0.15) is 8.42 Å². The Hall–Kier alpha value is -2.63. The minimum atomic E-state index is -4.23. The van der Waals surface area contributed by atoms with Crippen molar-refractivity contribution in [2.75, 3.05) is 10.0 Å². The molecule has 7 nitrogen and oxygen atoms in total. The van der Waals surface area contributed by atoms with Crippen LogP contribution in [0.25, 0.3) is 0 Å². The Morgan fingerprint density at radius 2 is 2.04 bits per heavy atom. The molecule has 0 amide bonds. The molecule has 148 valence electrons. The van der Waals surface area contributed by atoms with Gasteiger partial charge in [-0.25, -0.2) is 18.7 Å². The van der Waals surface area contributed by atoms with E-state index < -0.39 is 26.7 Å². The second-order valence-corrected chi connectivity index (χ2v) is 8.14. The topological polar surface area (TPSA) is 110 Å². The Labute approximate surface area is 164 Å². The van der Waals surface area contributed by atoms with Crippen LogP contribution in [-0.2, 0) is 23.1 Å². The Morgan fingerprint density at radius 3 is 2.71 bits per heavy atom. The van der Waals surface area contributed by atoms with E-state index in [2.05, 4.69) is 20.0 Å². The van der Waals surface area contributed by atoms with Crippen LogP contribution in [0.1, 0.15) is 16.8 Å². The quantitative estimate of drug-likeness (QED) is 0.537. The predicted octanol–water partition coefficient (Wildman–Crippen LogP) is 3.00. The molecule has 0 atom stereocenters. The van der Waals surface area contributed by atoms with E-state index in [1.807, 2.05) is 0 Å². The van der Waals surface area contributed by atoms with Gasteiger partial charge >= 0.3 is 0 Å². The highest BCUT2D eigenvalue weighted by Gasteiger charge is 2.23. The van der Waals surface area contributed by atoms with E-state index in [1.165, 1.54) is 35.2 Å². The second kappa shape index (κ2) is 8.17. The van der Waals surface area contributed by atoms with Crippen molar-refractivity contribution in [3.05, 3.63) is 63.6 Å². The summed E-state index contributed by atoms with van der Waals surface area (Å²) in [6.45, 7) is 1.72. The summed E-state index contributed by atoms with van der Waals surface area (Å²) in [5.74, 6) is -1.39. The summed E-state index contributed by atoms with van der Waals surface area (Å²) in [6.07, 6.45) is 0. The first-order valence-electron chi connectivity index (χ1n) is 8.10. The van der Waals surface area contributed by atoms with Crippen LogP contribution >= 0.6 is 11.3 Å². The zero-order chi connectivity index (χ0) is 20.3. The van der Waals surface area contributed by atoms with E-state index in [1.54, 1.807) is 12.1 Å². The van der Waals surface area contributed by atoms with Crippen LogP contribution in [0.5, 0.6) is 0 Å². The molecular weight excluding hydrogens is 408 g/mol. The van der Waals surface area contributed by atoms with E-state index in [0.717, 1.165) is 6.07 Å². The van der Waals surface area contributed by atoms with Gasteiger partial charge in [0.05, 0.1) is 16.9 Å². The second-order valence-electron chi connectivity index (χ2n) is 5.82. The highest BCUT2D eigenvalue weighted by molar-refractivity contribution is 7.92. The molecule has 0 aliphatic carbocycles. The molecule has 0 spiro atoms.